The largest absolute Gasteiger partial charge is 0.484 e. The number of thioether (sulfide) groups is 1. The number of carbonyl (C=O) groups is 3. The molecule has 3 amide bonds. The Morgan fingerprint density at radius 3 is 2.50 bits per heavy atom. The van der Waals surface area contributed by atoms with Crippen molar-refractivity contribution in [2.75, 3.05) is 26.0 Å². The molecule has 1 fully saturated rings. The van der Waals surface area contributed by atoms with Gasteiger partial charge in [0.2, 0.25) is 0 Å². The summed E-state index contributed by atoms with van der Waals surface area (Å²) in [7, 11) is -3.32. The summed E-state index contributed by atoms with van der Waals surface area (Å²) in [5, 5.41) is 2.03. The van der Waals surface area contributed by atoms with Crippen LogP contribution in [0.1, 0.15) is 5.56 Å². The van der Waals surface area contributed by atoms with Crippen LogP contribution in [-0.2, 0) is 19.4 Å². The molecule has 168 valence electrons. The van der Waals surface area contributed by atoms with Crippen LogP contribution in [-0.4, -0.2) is 56.3 Å². The third-order valence-corrected chi connectivity index (χ3v) is 6.38. The number of sulfone groups is 1. The number of halogens is 1. The van der Waals surface area contributed by atoms with Crippen LogP contribution in [0.2, 0.25) is 0 Å². The van der Waals surface area contributed by atoms with Gasteiger partial charge in [0.05, 0.1) is 9.80 Å². The molecule has 3 rings (SSSR count). The summed E-state index contributed by atoms with van der Waals surface area (Å²) in [6, 6.07) is 11.5. The normalized spacial score (nSPS) is 15.3. The summed E-state index contributed by atoms with van der Waals surface area (Å²) >= 11 is 0.706. The quantitative estimate of drug-likeness (QED) is 0.581. The zero-order valence-electron chi connectivity index (χ0n) is 16.9. The van der Waals surface area contributed by atoms with Crippen molar-refractivity contribution in [1.29, 1.82) is 0 Å². The van der Waals surface area contributed by atoms with Gasteiger partial charge in [-0.1, -0.05) is 18.2 Å². The lowest BCUT2D eigenvalue weighted by Gasteiger charge is -2.13. The summed E-state index contributed by atoms with van der Waals surface area (Å²) in [5.41, 5.74) is 0.202. The Kier molecular flexibility index (Phi) is 7.31. The molecule has 0 bridgehead atoms. The highest BCUT2D eigenvalue weighted by atomic mass is 32.2. The van der Waals surface area contributed by atoms with Crippen molar-refractivity contribution < 1.29 is 31.9 Å². The number of carbonyl (C=O) groups excluding carboxylic acids is 3. The smallest absolute Gasteiger partial charge is 0.293 e. The van der Waals surface area contributed by atoms with Gasteiger partial charge in [0.15, 0.2) is 16.4 Å². The van der Waals surface area contributed by atoms with E-state index in [0.29, 0.717) is 17.5 Å². The van der Waals surface area contributed by atoms with E-state index in [9.17, 15) is 27.2 Å². The van der Waals surface area contributed by atoms with E-state index < -0.39 is 32.7 Å². The number of amides is 3. The number of rotatable bonds is 8. The van der Waals surface area contributed by atoms with Crippen LogP contribution in [0.4, 0.5) is 9.18 Å². The highest BCUT2D eigenvalue weighted by Crippen LogP contribution is 2.32. The first-order valence-corrected chi connectivity index (χ1v) is 12.1. The van der Waals surface area contributed by atoms with Crippen LogP contribution < -0.4 is 10.1 Å². The minimum Gasteiger partial charge on any atom is -0.484 e. The van der Waals surface area contributed by atoms with Gasteiger partial charge in [-0.3, -0.25) is 19.3 Å². The number of imide groups is 1. The lowest BCUT2D eigenvalue weighted by atomic mass is 10.2. The molecule has 0 unspecified atom stereocenters. The van der Waals surface area contributed by atoms with Gasteiger partial charge in [-0.05, 0) is 48.2 Å². The Morgan fingerprint density at radius 2 is 1.84 bits per heavy atom. The average molecular weight is 479 g/mol. The number of hydrogen-bond donors (Lipinski definition) is 1. The van der Waals surface area contributed by atoms with Gasteiger partial charge in [-0.15, -0.1) is 0 Å². The number of ether oxygens (including phenoxy) is 1. The molecule has 2 aromatic carbocycles. The van der Waals surface area contributed by atoms with E-state index in [4.69, 9.17) is 4.74 Å². The Hall–Kier alpha value is -3.18. The molecular formula is C21H19FN2O6S2. The fraction of sp³-hybridized carbons (Fsp3) is 0.190. The Labute approximate surface area is 188 Å². The third-order valence-electron chi connectivity index (χ3n) is 4.34. The maximum atomic E-state index is 13.8. The van der Waals surface area contributed by atoms with E-state index in [0.717, 1.165) is 11.2 Å². The van der Waals surface area contributed by atoms with Crippen LogP contribution >= 0.6 is 11.8 Å². The molecule has 8 nitrogen and oxygen atoms in total. The minimum atomic E-state index is -3.32. The number of benzene rings is 2. The number of hydrogen-bond acceptors (Lipinski definition) is 7. The maximum absolute atomic E-state index is 13.8. The van der Waals surface area contributed by atoms with Crippen molar-refractivity contribution in [2.45, 2.75) is 4.90 Å². The van der Waals surface area contributed by atoms with E-state index >= 15 is 0 Å². The first kappa shape index (κ1) is 23.5. The molecule has 0 radical (unpaired) electrons. The molecule has 1 aliphatic rings. The van der Waals surface area contributed by atoms with E-state index in [2.05, 4.69) is 5.32 Å². The molecule has 1 heterocycles. The van der Waals surface area contributed by atoms with Gasteiger partial charge >= 0.3 is 0 Å². The second-order valence-electron chi connectivity index (χ2n) is 6.74. The first-order valence-electron chi connectivity index (χ1n) is 9.34. The van der Waals surface area contributed by atoms with Gasteiger partial charge in [-0.25, -0.2) is 12.8 Å². The van der Waals surface area contributed by atoms with Crippen molar-refractivity contribution in [3.05, 3.63) is 64.8 Å². The fourth-order valence-corrected chi connectivity index (χ4v) is 4.20. The van der Waals surface area contributed by atoms with Crippen LogP contribution in [0.5, 0.6) is 5.75 Å². The number of nitrogens with zero attached hydrogens (tertiary/aromatic N) is 1. The molecule has 1 aliphatic heterocycles. The summed E-state index contributed by atoms with van der Waals surface area (Å²) in [6.07, 6.45) is 2.41. The van der Waals surface area contributed by atoms with E-state index in [-0.39, 0.29) is 35.1 Å². The summed E-state index contributed by atoms with van der Waals surface area (Å²) in [5.74, 6) is -1.22. The highest BCUT2D eigenvalue weighted by Gasteiger charge is 2.34. The molecule has 0 aliphatic carbocycles. The highest BCUT2D eigenvalue weighted by molar-refractivity contribution is 8.18. The lowest BCUT2D eigenvalue weighted by molar-refractivity contribution is -0.125. The molecule has 2 aromatic rings. The molecular weight excluding hydrogens is 459 g/mol. The fourth-order valence-electron chi connectivity index (χ4n) is 2.72. The zero-order chi connectivity index (χ0) is 23.3. The van der Waals surface area contributed by atoms with Gasteiger partial charge in [0.25, 0.3) is 17.1 Å². The number of nitrogens with one attached hydrogen (secondary N) is 1. The average Bonchev–Trinajstić information content (AvgIpc) is 3.01. The molecule has 1 N–H and O–H groups in total. The lowest BCUT2D eigenvalue weighted by Crippen LogP contribution is -2.38. The van der Waals surface area contributed by atoms with Crippen molar-refractivity contribution in [3.63, 3.8) is 0 Å². The van der Waals surface area contributed by atoms with Crippen LogP contribution in [0, 0.1) is 5.82 Å². The Bertz CT molecular complexity index is 1180. The van der Waals surface area contributed by atoms with Crippen molar-refractivity contribution in [2.24, 2.45) is 0 Å². The maximum Gasteiger partial charge on any atom is 0.293 e. The molecule has 11 heteroatoms. The predicted octanol–water partition coefficient (Wildman–Crippen LogP) is 2.46. The first-order chi connectivity index (χ1) is 15.1. The second-order valence-corrected chi connectivity index (χ2v) is 9.75. The van der Waals surface area contributed by atoms with Crippen molar-refractivity contribution in [1.82, 2.24) is 10.2 Å². The van der Waals surface area contributed by atoms with Crippen molar-refractivity contribution in [3.8, 4) is 5.75 Å². The van der Waals surface area contributed by atoms with E-state index in [1.54, 1.807) is 6.07 Å². The summed E-state index contributed by atoms with van der Waals surface area (Å²) in [6.45, 7) is -0.360. The molecule has 0 saturated carbocycles. The molecule has 0 atom stereocenters. The van der Waals surface area contributed by atoms with Gasteiger partial charge in [0, 0.05) is 24.9 Å². The van der Waals surface area contributed by atoms with Crippen LogP contribution in [0.15, 0.2) is 58.3 Å². The van der Waals surface area contributed by atoms with Gasteiger partial charge < -0.3 is 10.1 Å². The Balaban J connectivity index is 1.47. The topological polar surface area (TPSA) is 110 Å². The molecule has 1 saturated heterocycles. The Morgan fingerprint density at radius 1 is 1.16 bits per heavy atom. The van der Waals surface area contributed by atoms with E-state index in [1.807, 2.05) is 0 Å². The van der Waals surface area contributed by atoms with Gasteiger partial charge in [0.1, 0.15) is 11.6 Å². The van der Waals surface area contributed by atoms with Gasteiger partial charge in [-0.2, -0.15) is 0 Å². The monoisotopic (exact) mass is 478 g/mol. The zero-order valence-corrected chi connectivity index (χ0v) is 18.5. The standard InChI is InChI=1S/C21H19FN2O6S2/c1-32(28,29)16-8-6-15(7-9-16)30-13-19(25)23-10-11-24-20(26)18(31-21(24)27)12-14-4-2-3-5-17(14)22/h2-9,12H,10-11,13H2,1H3,(H,23,25)/b18-12-. The van der Waals surface area contributed by atoms with Crippen molar-refractivity contribution >= 4 is 44.7 Å². The predicted molar refractivity (Wildman–Crippen MR) is 117 cm³/mol. The molecule has 0 aromatic heterocycles. The van der Waals surface area contributed by atoms with E-state index in [1.165, 1.54) is 48.5 Å². The second kappa shape index (κ2) is 9.96. The third kappa shape index (κ3) is 5.95. The minimum absolute atomic E-state index is 0.0141. The summed E-state index contributed by atoms with van der Waals surface area (Å²) < 4.78 is 41.9. The molecule has 0 spiro atoms. The van der Waals surface area contributed by atoms with Crippen LogP contribution in [0.25, 0.3) is 6.08 Å². The SMILES string of the molecule is CS(=O)(=O)c1ccc(OCC(=O)NCCN2C(=O)S/C(=C\c3ccccc3F)C2=O)cc1. The summed E-state index contributed by atoms with van der Waals surface area (Å²) in [4.78, 5) is 37.7. The molecule has 32 heavy (non-hydrogen) atoms. The van der Waals surface area contributed by atoms with Crippen LogP contribution in [0.3, 0.4) is 0 Å².